The predicted octanol–water partition coefficient (Wildman–Crippen LogP) is 1.93. The monoisotopic (exact) mass is 185 g/mol. The molecule has 1 atom stereocenters. The minimum Gasteiger partial charge on any atom is -0.396 e. The second-order valence-electron chi connectivity index (χ2n) is 4.12. The largest absolute Gasteiger partial charge is 0.396 e. The third kappa shape index (κ3) is 3.65. The minimum atomic E-state index is 0.331. The Balaban J connectivity index is 2.26. The first-order valence-corrected chi connectivity index (χ1v) is 5.72. The van der Waals surface area contributed by atoms with Gasteiger partial charge in [0.2, 0.25) is 0 Å². The lowest BCUT2D eigenvalue weighted by molar-refractivity contribution is 0.235. The van der Waals surface area contributed by atoms with E-state index in [9.17, 15) is 0 Å². The van der Waals surface area contributed by atoms with Gasteiger partial charge in [-0.1, -0.05) is 19.8 Å². The van der Waals surface area contributed by atoms with Crippen molar-refractivity contribution in [1.29, 1.82) is 0 Å². The van der Waals surface area contributed by atoms with Crippen molar-refractivity contribution in [1.82, 2.24) is 5.32 Å². The van der Waals surface area contributed by atoms with Crippen LogP contribution in [-0.4, -0.2) is 24.3 Å². The quantitative estimate of drug-likeness (QED) is 0.662. The van der Waals surface area contributed by atoms with Crippen LogP contribution < -0.4 is 5.32 Å². The Bertz CT molecular complexity index is 121. The molecule has 0 aliphatic heterocycles. The second kappa shape index (κ2) is 6.39. The van der Waals surface area contributed by atoms with Crippen LogP contribution in [0.1, 0.15) is 45.4 Å². The first kappa shape index (κ1) is 11.0. The molecule has 1 rings (SSSR count). The second-order valence-corrected chi connectivity index (χ2v) is 4.12. The van der Waals surface area contributed by atoms with Crippen LogP contribution in [0.3, 0.4) is 0 Å². The maximum atomic E-state index is 8.96. The van der Waals surface area contributed by atoms with Crippen LogP contribution in [0.25, 0.3) is 0 Å². The SMILES string of the molecule is CCCNC(CCO)C1CCCC1. The molecule has 1 saturated carbocycles. The lowest BCUT2D eigenvalue weighted by atomic mass is 9.95. The molecule has 0 heterocycles. The number of aliphatic hydroxyl groups is 1. The maximum absolute atomic E-state index is 8.96. The molecule has 2 heteroatoms. The Hall–Kier alpha value is -0.0800. The molecule has 13 heavy (non-hydrogen) atoms. The highest BCUT2D eigenvalue weighted by Gasteiger charge is 2.23. The van der Waals surface area contributed by atoms with Gasteiger partial charge in [-0.05, 0) is 38.1 Å². The Morgan fingerprint density at radius 1 is 1.38 bits per heavy atom. The van der Waals surface area contributed by atoms with Crippen molar-refractivity contribution in [3.8, 4) is 0 Å². The smallest absolute Gasteiger partial charge is 0.0445 e. The highest BCUT2D eigenvalue weighted by Crippen LogP contribution is 2.28. The molecule has 1 aliphatic rings. The number of hydrogen-bond acceptors (Lipinski definition) is 2. The van der Waals surface area contributed by atoms with E-state index in [2.05, 4.69) is 12.2 Å². The number of nitrogens with one attached hydrogen (secondary N) is 1. The van der Waals surface area contributed by atoms with Gasteiger partial charge in [0, 0.05) is 12.6 Å². The summed E-state index contributed by atoms with van der Waals surface area (Å²) in [6.07, 6.45) is 7.63. The average molecular weight is 185 g/mol. The van der Waals surface area contributed by atoms with Crippen molar-refractivity contribution < 1.29 is 5.11 Å². The van der Waals surface area contributed by atoms with E-state index in [-0.39, 0.29) is 0 Å². The van der Waals surface area contributed by atoms with Crippen molar-refractivity contribution in [3.63, 3.8) is 0 Å². The summed E-state index contributed by atoms with van der Waals surface area (Å²) in [7, 11) is 0. The summed E-state index contributed by atoms with van der Waals surface area (Å²) in [5.41, 5.74) is 0. The zero-order valence-corrected chi connectivity index (χ0v) is 8.76. The van der Waals surface area contributed by atoms with Crippen LogP contribution >= 0.6 is 0 Å². The summed E-state index contributed by atoms with van der Waals surface area (Å²) in [4.78, 5) is 0. The Labute approximate surface area is 81.7 Å². The average Bonchev–Trinajstić information content (AvgIpc) is 2.65. The highest BCUT2D eigenvalue weighted by atomic mass is 16.3. The van der Waals surface area contributed by atoms with Crippen LogP contribution in [0.15, 0.2) is 0 Å². The first-order chi connectivity index (χ1) is 6.38. The van der Waals surface area contributed by atoms with Crippen molar-refractivity contribution in [2.24, 2.45) is 5.92 Å². The summed E-state index contributed by atoms with van der Waals surface area (Å²) in [6.45, 7) is 3.62. The van der Waals surface area contributed by atoms with Gasteiger partial charge in [0.25, 0.3) is 0 Å². The van der Waals surface area contributed by atoms with Gasteiger partial charge in [0.1, 0.15) is 0 Å². The van der Waals surface area contributed by atoms with Gasteiger partial charge in [-0.3, -0.25) is 0 Å². The van der Waals surface area contributed by atoms with E-state index in [4.69, 9.17) is 5.11 Å². The fourth-order valence-corrected chi connectivity index (χ4v) is 2.33. The fourth-order valence-electron chi connectivity index (χ4n) is 2.33. The molecule has 1 unspecified atom stereocenters. The predicted molar refractivity (Wildman–Crippen MR) is 55.7 cm³/mol. The van der Waals surface area contributed by atoms with Crippen LogP contribution in [0.5, 0.6) is 0 Å². The summed E-state index contributed by atoms with van der Waals surface area (Å²) in [6, 6.07) is 0.576. The highest BCUT2D eigenvalue weighted by molar-refractivity contribution is 4.80. The third-order valence-corrected chi connectivity index (χ3v) is 3.07. The van der Waals surface area contributed by atoms with Crippen LogP contribution in [-0.2, 0) is 0 Å². The zero-order valence-electron chi connectivity index (χ0n) is 8.76. The third-order valence-electron chi connectivity index (χ3n) is 3.07. The van der Waals surface area contributed by atoms with Crippen molar-refractivity contribution in [2.75, 3.05) is 13.2 Å². The lowest BCUT2D eigenvalue weighted by Crippen LogP contribution is -2.36. The standard InChI is InChI=1S/C11H23NO/c1-2-8-12-11(7-9-13)10-5-3-4-6-10/h10-13H,2-9H2,1H3. The molecule has 0 spiro atoms. The molecule has 2 nitrogen and oxygen atoms in total. The number of aliphatic hydroxyl groups excluding tert-OH is 1. The van der Waals surface area contributed by atoms with Crippen LogP contribution in [0.2, 0.25) is 0 Å². The zero-order chi connectivity index (χ0) is 9.52. The molecule has 78 valence electrons. The van der Waals surface area contributed by atoms with Gasteiger partial charge in [-0.2, -0.15) is 0 Å². The molecule has 0 radical (unpaired) electrons. The summed E-state index contributed by atoms with van der Waals surface area (Å²) >= 11 is 0. The van der Waals surface area contributed by atoms with Crippen molar-refractivity contribution >= 4 is 0 Å². The molecule has 1 aliphatic carbocycles. The topological polar surface area (TPSA) is 32.3 Å². The molecule has 2 N–H and O–H groups in total. The normalized spacial score (nSPS) is 20.8. The van der Waals surface area contributed by atoms with E-state index in [0.717, 1.165) is 18.9 Å². The number of rotatable bonds is 6. The minimum absolute atomic E-state index is 0.331. The van der Waals surface area contributed by atoms with Gasteiger partial charge in [-0.15, -0.1) is 0 Å². The molecule has 0 bridgehead atoms. The molecule has 0 saturated heterocycles. The van der Waals surface area contributed by atoms with E-state index >= 15 is 0 Å². The van der Waals surface area contributed by atoms with Gasteiger partial charge >= 0.3 is 0 Å². The van der Waals surface area contributed by atoms with Crippen molar-refractivity contribution in [3.05, 3.63) is 0 Å². The first-order valence-electron chi connectivity index (χ1n) is 5.72. The van der Waals surface area contributed by atoms with E-state index in [1.807, 2.05) is 0 Å². The maximum Gasteiger partial charge on any atom is 0.0445 e. The molecule has 0 aromatic carbocycles. The van der Waals surface area contributed by atoms with E-state index in [0.29, 0.717) is 12.6 Å². The van der Waals surface area contributed by atoms with E-state index < -0.39 is 0 Å². The van der Waals surface area contributed by atoms with Crippen molar-refractivity contribution in [2.45, 2.75) is 51.5 Å². The van der Waals surface area contributed by atoms with E-state index in [1.165, 1.54) is 32.1 Å². The van der Waals surface area contributed by atoms with Crippen LogP contribution in [0.4, 0.5) is 0 Å². The van der Waals surface area contributed by atoms with Gasteiger partial charge < -0.3 is 10.4 Å². The molecule has 0 aromatic heterocycles. The summed E-state index contributed by atoms with van der Waals surface area (Å²) < 4.78 is 0. The molecule has 0 aromatic rings. The van der Waals surface area contributed by atoms with Crippen LogP contribution in [0, 0.1) is 5.92 Å². The van der Waals surface area contributed by atoms with Gasteiger partial charge in [0.05, 0.1) is 0 Å². The van der Waals surface area contributed by atoms with Gasteiger partial charge in [-0.25, -0.2) is 0 Å². The Morgan fingerprint density at radius 3 is 2.62 bits per heavy atom. The Kier molecular flexibility index (Phi) is 5.40. The molecular formula is C11H23NO. The lowest BCUT2D eigenvalue weighted by Gasteiger charge is -2.23. The summed E-state index contributed by atoms with van der Waals surface area (Å²) in [5.74, 6) is 0.832. The van der Waals surface area contributed by atoms with Gasteiger partial charge in [0.15, 0.2) is 0 Å². The summed E-state index contributed by atoms with van der Waals surface area (Å²) in [5, 5.41) is 12.5. The molecule has 1 fully saturated rings. The number of hydrogen-bond donors (Lipinski definition) is 2. The molecule has 0 amide bonds. The molecular weight excluding hydrogens is 162 g/mol. The van der Waals surface area contributed by atoms with E-state index in [1.54, 1.807) is 0 Å². The fraction of sp³-hybridized carbons (Fsp3) is 1.00. The Morgan fingerprint density at radius 2 is 2.08 bits per heavy atom.